The Morgan fingerprint density at radius 1 is 1.29 bits per heavy atom. The van der Waals surface area contributed by atoms with E-state index < -0.39 is 51.4 Å². The van der Waals surface area contributed by atoms with Gasteiger partial charge in [0.05, 0.1) is 5.75 Å². The Bertz CT molecular complexity index is 599. The van der Waals surface area contributed by atoms with Gasteiger partial charge < -0.3 is 4.74 Å². The Balaban J connectivity index is 4.61. The van der Waals surface area contributed by atoms with Crippen LogP contribution >= 0.6 is 0 Å². The van der Waals surface area contributed by atoms with Gasteiger partial charge >= 0.3 is 22.4 Å². The van der Waals surface area contributed by atoms with E-state index in [1.54, 1.807) is 0 Å². The number of esters is 1. The van der Waals surface area contributed by atoms with Gasteiger partial charge in [0.1, 0.15) is 6.61 Å². The van der Waals surface area contributed by atoms with Crippen LogP contribution in [0.5, 0.6) is 0 Å². The van der Waals surface area contributed by atoms with Gasteiger partial charge in [-0.25, -0.2) is 17.6 Å². The van der Waals surface area contributed by atoms with Crippen LogP contribution in [0.25, 0.3) is 0 Å². The lowest BCUT2D eigenvalue weighted by molar-refractivity contribution is -0.183. The van der Waals surface area contributed by atoms with Crippen LogP contribution in [0, 0.1) is 0 Å². The average Bonchev–Trinajstić information content (AvgIpc) is 2.25. The predicted molar refractivity (Wildman–Crippen MR) is 63.6 cm³/mol. The minimum absolute atomic E-state index is 0.0288. The standard InChI is InChI=1S/C8H12F3NO7S2/c1-6(2)7(13)18-3-4-20(14,15)12-21(16,17)19-8(10,11)5-9/h12H,1,3-5H2,2H3. The third-order valence-corrected chi connectivity index (χ3v) is 4.55. The first-order valence-electron chi connectivity index (χ1n) is 5.03. The molecule has 0 aliphatic rings. The second kappa shape index (κ2) is 7.20. The lowest BCUT2D eigenvalue weighted by atomic mass is 10.4. The van der Waals surface area contributed by atoms with Crippen molar-refractivity contribution in [3.05, 3.63) is 12.2 Å². The van der Waals surface area contributed by atoms with Crippen molar-refractivity contribution in [2.24, 2.45) is 0 Å². The van der Waals surface area contributed by atoms with E-state index in [0.29, 0.717) is 0 Å². The first-order chi connectivity index (χ1) is 9.30. The number of sulfonamides is 1. The normalized spacial score (nSPS) is 13.0. The Morgan fingerprint density at radius 2 is 1.81 bits per heavy atom. The monoisotopic (exact) mass is 355 g/mol. The molecule has 0 saturated carbocycles. The van der Waals surface area contributed by atoms with Crippen molar-refractivity contribution in [2.45, 2.75) is 13.0 Å². The van der Waals surface area contributed by atoms with Gasteiger partial charge in [0.15, 0.2) is 6.67 Å². The van der Waals surface area contributed by atoms with Crippen molar-refractivity contribution in [1.82, 2.24) is 4.13 Å². The minimum Gasteiger partial charge on any atom is -0.461 e. The van der Waals surface area contributed by atoms with Gasteiger partial charge in [-0.15, -0.1) is 0 Å². The van der Waals surface area contributed by atoms with Crippen molar-refractivity contribution < 1.29 is 43.7 Å². The van der Waals surface area contributed by atoms with Crippen LogP contribution in [-0.4, -0.2) is 47.9 Å². The SMILES string of the molecule is C=C(C)C(=O)OCCS(=O)(=O)NS(=O)(=O)OC(F)(F)CF. The summed E-state index contributed by atoms with van der Waals surface area (Å²) in [6.45, 7) is 1.27. The van der Waals surface area contributed by atoms with E-state index in [1.165, 1.54) is 6.92 Å². The molecule has 0 saturated heterocycles. The Kier molecular flexibility index (Phi) is 6.79. The van der Waals surface area contributed by atoms with Crippen LogP contribution < -0.4 is 4.13 Å². The quantitative estimate of drug-likeness (QED) is 0.452. The lowest BCUT2D eigenvalue weighted by Crippen LogP contribution is -2.39. The fraction of sp³-hybridized carbons (Fsp3) is 0.625. The highest BCUT2D eigenvalue weighted by molar-refractivity contribution is 8.02. The van der Waals surface area contributed by atoms with E-state index in [4.69, 9.17) is 0 Å². The molecule has 0 atom stereocenters. The highest BCUT2D eigenvalue weighted by atomic mass is 32.3. The summed E-state index contributed by atoms with van der Waals surface area (Å²) in [6, 6.07) is 0. The van der Waals surface area contributed by atoms with Crippen LogP contribution in [-0.2, 0) is 34.0 Å². The molecule has 8 nitrogen and oxygen atoms in total. The number of ether oxygens (including phenoxy) is 1. The molecule has 0 heterocycles. The molecule has 0 amide bonds. The number of hydrogen-bond acceptors (Lipinski definition) is 7. The molecule has 0 unspecified atom stereocenters. The summed E-state index contributed by atoms with van der Waals surface area (Å²) in [5.74, 6) is -1.97. The van der Waals surface area contributed by atoms with Gasteiger partial charge in [-0.3, -0.25) is 0 Å². The van der Waals surface area contributed by atoms with Gasteiger partial charge in [0.25, 0.3) is 0 Å². The molecule has 0 radical (unpaired) electrons. The first kappa shape index (κ1) is 19.8. The van der Waals surface area contributed by atoms with Crippen molar-refractivity contribution in [3.8, 4) is 0 Å². The van der Waals surface area contributed by atoms with Crippen molar-refractivity contribution >= 4 is 26.3 Å². The number of alkyl halides is 3. The minimum atomic E-state index is -5.46. The number of rotatable bonds is 9. The molecular weight excluding hydrogens is 343 g/mol. The van der Waals surface area contributed by atoms with Gasteiger partial charge in [0.2, 0.25) is 10.0 Å². The molecule has 0 aromatic carbocycles. The van der Waals surface area contributed by atoms with Crippen molar-refractivity contribution in [2.75, 3.05) is 19.0 Å². The van der Waals surface area contributed by atoms with Gasteiger partial charge in [0, 0.05) is 5.57 Å². The molecule has 0 aliphatic carbocycles. The van der Waals surface area contributed by atoms with E-state index in [9.17, 15) is 34.8 Å². The molecular formula is C8H12F3NO7S2. The number of hydrogen-bond donors (Lipinski definition) is 1. The molecule has 0 fully saturated rings. The highest BCUT2D eigenvalue weighted by Crippen LogP contribution is 2.18. The molecule has 0 aromatic rings. The van der Waals surface area contributed by atoms with E-state index in [-0.39, 0.29) is 5.57 Å². The molecule has 0 aliphatic heterocycles. The Labute approximate surface area is 119 Å². The van der Waals surface area contributed by atoms with Crippen LogP contribution in [0.15, 0.2) is 12.2 Å². The third-order valence-electron chi connectivity index (χ3n) is 1.55. The topological polar surface area (TPSA) is 116 Å². The maximum atomic E-state index is 12.4. The molecule has 0 rings (SSSR count). The van der Waals surface area contributed by atoms with Crippen LogP contribution in [0.2, 0.25) is 0 Å². The van der Waals surface area contributed by atoms with Gasteiger partial charge in [-0.05, 0) is 6.92 Å². The molecule has 124 valence electrons. The summed E-state index contributed by atoms with van der Waals surface area (Å²) in [7, 11) is -10.1. The first-order valence-corrected chi connectivity index (χ1v) is 8.09. The van der Waals surface area contributed by atoms with E-state index >= 15 is 0 Å². The zero-order chi connectivity index (χ0) is 16.9. The van der Waals surface area contributed by atoms with E-state index in [2.05, 4.69) is 15.5 Å². The molecule has 13 heteroatoms. The summed E-state index contributed by atoms with van der Waals surface area (Å²) in [4.78, 5) is 10.9. The maximum Gasteiger partial charge on any atom is 0.398 e. The Morgan fingerprint density at radius 3 is 2.24 bits per heavy atom. The van der Waals surface area contributed by atoms with Gasteiger partial charge in [-0.2, -0.15) is 21.4 Å². The van der Waals surface area contributed by atoms with Crippen molar-refractivity contribution in [3.63, 3.8) is 0 Å². The molecule has 0 spiro atoms. The largest absolute Gasteiger partial charge is 0.461 e. The molecule has 1 N–H and O–H groups in total. The number of carbonyl (C=O) groups is 1. The maximum absolute atomic E-state index is 12.4. The second-order valence-corrected chi connectivity index (χ2v) is 7.01. The summed E-state index contributed by atoms with van der Waals surface area (Å²) < 4.78 is 89.1. The van der Waals surface area contributed by atoms with Crippen LogP contribution in [0.1, 0.15) is 6.92 Å². The number of nitrogens with one attached hydrogen (secondary N) is 1. The molecule has 0 bridgehead atoms. The van der Waals surface area contributed by atoms with E-state index in [1.807, 2.05) is 0 Å². The van der Waals surface area contributed by atoms with Crippen LogP contribution in [0.4, 0.5) is 13.2 Å². The van der Waals surface area contributed by atoms with Crippen molar-refractivity contribution in [1.29, 1.82) is 0 Å². The van der Waals surface area contributed by atoms with Gasteiger partial charge in [-0.1, -0.05) is 10.7 Å². The molecule has 0 aromatic heterocycles. The summed E-state index contributed by atoms with van der Waals surface area (Å²) in [5.41, 5.74) is -0.0288. The molecule has 21 heavy (non-hydrogen) atoms. The van der Waals surface area contributed by atoms with E-state index in [0.717, 1.165) is 4.13 Å². The summed E-state index contributed by atoms with van der Waals surface area (Å²) in [5, 5.41) is 0. The predicted octanol–water partition coefficient (Wildman–Crippen LogP) is -0.151. The lowest BCUT2D eigenvalue weighted by Gasteiger charge is -2.13. The zero-order valence-corrected chi connectivity index (χ0v) is 12.3. The smallest absolute Gasteiger partial charge is 0.398 e. The summed E-state index contributed by atoms with van der Waals surface area (Å²) >= 11 is 0. The summed E-state index contributed by atoms with van der Waals surface area (Å²) in [6.07, 6.45) is -4.70. The fourth-order valence-electron chi connectivity index (χ4n) is 0.764. The average molecular weight is 355 g/mol. The van der Waals surface area contributed by atoms with Crippen LogP contribution in [0.3, 0.4) is 0 Å². The second-order valence-electron chi connectivity index (χ2n) is 3.63. The highest BCUT2D eigenvalue weighted by Gasteiger charge is 2.38. The number of halogens is 3. The number of carbonyl (C=O) groups excluding carboxylic acids is 1. The third kappa shape index (κ3) is 8.64. The zero-order valence-electron chi connectivity index (χ0n) is 10.6. The fourth-order valence-corrected chi connectivity index (χ4v) is 3.15. The Hall–Kier alpha value is -1.18.